The molecule has 0 amide bonds. The van der Waals surface area contributed by atoms with Gasteiger partial charge in [-0.2, -0.15) is 0 Å². The number of hydrogen-bond acceptors (Lipinski definition) is 1. The van der Waals surface area contributed by atoms with Crippen molar-refractivity contribution in [2.24, 2.45) is 5.73 Å². The van der Waals surface area contributed by atoms with Gasteiger partial charge in [0.25, 0.3) is 0 Å². The lowest BCUT2D eigenvalue weighted by molar-refractivity contribution is 0.623. The van der Waals surface area contributed by atoms with Crippen LogP contribution < -0.4 is 5.73 Å². The van der Waals surface area contributed by atoms with Crippen molar-refractivity contribution in [1.29, 1.82) is 0 Å². The summed E-state index contributed by atoms with van der Waals surface area (Å²) in [7, 11) is 0. The van der Waals surface area contributed by atoms with E-state index < -0.39 is 5.54 Å². The van der Waals surface area contributed by atoms with E-state index in [0.717, 1.165) is 5.56 Å². The van der Waals surface area contributed by atoms with Gasteiger partial charge >= 0.3 is 0 Å². The minimum Gasteiger partial charge on any atom is -0.316 e. The van der Waals surface area contributed by atoms with Gasteiger partial charge in [-0.3, -0.25) is 0 Å². The van der Waals surface area contributed by atoms with Gasteiger partial charge in [0, 0.05) is 0 Å². The summed E-state index contributed by atoms with van der Waals surface area (Å²) in [5.41, 5.74) is 6.49. The highest BCUT2D eigenvalue weighted by Gasteiger charge is 2.05. The summed E-state index contributed by atoms with van der Waals surface area (Å²) >= 11 is 0. The van der Waals surface area contributed by atoms with Crippen LogP contribution in [0.1, 0.15) is 25.0 Å². The van der Waals surface area contributed by atoms with Crippen molar-refractivity contribution in [3.63, 3.8) is 0 Å². The molecule has 1 aromatic rings. The Balaban J connectivity index is 3.06. The van der Waals surface area contributed by atoms with Gasteiger partial charge in [-0.15, -0.1) is 0 Å². The van der Waals surface area contributed by atoms with Gasteiger partial charge in [-0.05, 0) is 38.5 Å². The Morgan fingerprint density at radius 2 is 2.00 bits per heavy atom. The first kappa shape index (κ1) is 10.7. The lowest BCUT2D eigenvalue weighted by Gasteiger charge is -2.07. The highest BCUT2D eigenvalue weighted by Crippen LogP contribution is 2.08. The standard InChI is InChI=1S/C12H14FN/c1-9-4-5-11(13)10(8-9)6-7-12(2,3)14/h4-5,8H,14H2,1-3H3. The van der Waals surface area contributed by atoms with Gasteiger partial charge < -0.3 is 5.73 Å². The van der Waals surface area contributed by atoms with E-state index in [4.69, 9.17) is 5.73 Å². The Morgan fingerprint density at radius 1 is 1.36 bits per heavy atom. The molecule has 0 spiro atoms. The van der Waals surface area contributed by atoms with Gasteiger partial charge in [-0.1, -0.05) is 17.9 Å². The Bertz CT molecular complexity index is 391. The summed E-state index contributed by atoms with van der Waals surface area (Å²) in [6, 6.07) is 4.85. The largest absolute Gasteiger partial charge is 0.316 e. The maximum Gasteiger partial charge on any atom is 0.138 e. The van der Waals surface area contributed by atoms with E-state index in [2.05, 4.69) is 11.8 Å². The Hall–Kier alpha value is -1.33. The predicted molar refractivity (Wildman–Crippen MR) is 56.3 cm³/mol. The quantitative estimate of drug-likeness (QED) is 0.625. The van der Waals surface area contributed by atoms with Crippen LogP contribution >= 0.6 is 0 Å². The zero-order valence-corrected chi connectivity index (χ0v) is 8.69. The molecule has 0 aliphatic heterocycles. The number of nitrogens with two attached hydrogens (primary N) is 1. The molecule has 0 aliphatic rings. The van der Waals surface area contributed by atoms with E-state index in [1.807, 2.05) is 6.92 Å². The van der Waals surface area contributed by atoms with Gasteiger partial charge in [0.15, 0.2) is 0 Å². The summed E-state index contributed by atoms with van der Waals surface area (Å²) in [6.07, 6.45) is 0. The molecule has 0 saturated carbocycles. The summed E-state index contributed by atoms with van der Waals surface area (Å²) in [5.74, 6) is 5.24. The third-order valence-electron chi connectivity index (χ3n) is 1.64. The van der Waals surface area contributed by atoms with Gasteiger partial charge in [0.1, 0.15) is 5.82 Å². The normalized spacial score (nSPS) is 10.6. The van der Waals surface area contributed by atoms with E-state index in [9.17, 15) is 4.39 Å². The molecule has 0 fully saturated rings. The van der Waals surface area contributed by atoms with Crippen LogP contribution in [0.2, 0.25) is 0 Å². The monoisotopic (exact) mass is 191 g/mol. The molecule has 0 bridgehead atoms. The fraction of sp³-hybridized carbons (Fsp3) is 0.333. The van der Waals surface area contributed by atoms with Crippen LogP contribution in [0.3, 0.4) is 0 Å². The maximum absolute atomic E-state index is 13.2. The molecule has 1 rings (SSSR count). The zero-order valence-electron chi connectivity index (χ0n) is 8.69. The average Bonchev–Trinajstić information content (AvgIpc) is 2.05. The molecule has 0 radical (unpaired) electrons. The molecule has 2 N–H and O–H groups in total. The average molecular weight is 191 g/mol. The lowest BCUT2D eigenvalue weighted by Crippen LogP contribution is -2.29. The van der Waals surface area contributed by atoms with Crippen molar-refractivity contribution in [2.75, 3.05) is 0 Å². The van der Waals surface area contributed by atoms with Crippen LogP contribution in [0.15, 0.2) is 18.2 Å². The molecule has 74 valence electrons. The summed E-state index contributed by atoms with van der Waals surface area (Å²) in [5, 5.41) is 0. The molecule has 2 heteroatoms. The molecular formula is C12H14FN. The predicted octanol–water partition coefficient (Wildman–Crippen LogP) is 2.22. The topological polar surface area (TPSA) is 26.0 Å². The number of rotatable bonds is 0. The first-order chi connectivity index (χ1) is 6.38. The van der Waals surface area contributed by atoms with Crippen LogP contribution in [0.25, 0.3) is 0 Å². The highest BCUT2D eigenvalue weighted by atomic mass is 19.1. The smallest absolute Gasteiger partial charge is 0.138 e. The minimum atomic E-state index is -0.587. The number of halogens is 1. The molecule has 0 heterocycles. The molecule has 0 atom stereocenters. The molecule has 0 aliphatic carbocycles. The third kappa shape index (κ3) is 3.20. The van der Waals surface area contributed by atoms with E-state index >= 15 is 0 Å². The molecular weight excluding hydrogens is 177 g/mol. The second kappa shape index (κ2) is 3.81. The van der Waals surface area contributed by atoms with Crippen molar-refractivity contribution in [2.45, 2.75) is 26.3 Å². The molecule has 1 nitrogen and oxygen atoms in total. The van der Waals surface area contributed by atoms with E-state index in [-0.39, 0.29) is 5.82 Å². The fourth-order valence-corrected chi connectivity index (χ4v) is 0.963. The first-order valence-corrected chi connectivity index (χ1v) is 4.47. The Morgan fingerprint density at radius 3 is 2.57 bits per heavy atom. The molecule has 0 unspecified atom stereocenters. The summed E-state index contributed by atoms with van der Waals surface area (Å²) in [4.78, 5) is 0. The first-order valence-electron chi connectivity index (χ1n) is 4.47. The SMILES string of the molecule is Cc1ccc(F)c(C#CC(C)(C)N)c1. The van der Waals surface area contributed by atoms with E-state index in [1.54, 1.807) is 26.0 Å². The number of benzene rings is 1. The van der Waals surface area contributed by atoms with Crippen molar-refractivity contribution in [3.05, 3.63) is 35.1 Å². The van der Waals surface area contributed by atoms with E-state index in [0.29, 0.717) is 5.56 Å². The second-order valence-electron chi connectivity index (χ2n) is 3.95. The van der Waals surface area contributed by atoms with E-state index in [1.165, 1.54) is 6.07 Å². The van der Waals surface area contributed by atoms with Crippen LogP contribution in [-0.2, 0) is 0 Å². The van der Waals surface area contributed by atoms with Crippen LogP contribution in [0.4, 0.5) is 4.39 Å². The molecule has 0 saturated heterocycles. The number of hydrogen-bond donors (Lipinski definition) is 1. The highest BCUT2D eigenvalue weighted by molar-refractivity contribution is 5.39. The van der Waals surface area contributed by atoms with Crippen LogP contribution in [0.5, 0.6) is 0 Å². The Kier molecular flexibility index (Phi) is 2.93. The van der Waals surface area contributed by atoms with Crippen molar-refractivity contribution >= 4 is 0 Å². The lowest BCUT2D eigenvalue weighted by atomic mass is 10.1. The van der Waals surface area contributed by atoms with Gasteiger partial charge in [-0.25, -0.2) is 4.39 Å². The van der Waals surface area contributed by atoms with Gasteiger partial charge in [0.05, 0.1) is 11.1 Å². The molecule has 14 heavy (non-hydrogen) atoms. The zero-order chi connectivity index (χ0) is 10.8. The molecule has 0 aromatic heterocycles. The van der Waals surface area contributed by atoms with Crippen molar-refractivity contribution < 1.29 is 4.39 Å². The van der Waals surface area contributed by atoms with Crippen LogP contribution in [-0.4, -0.2) is 5.54 Å². The number of aryl methyl sites for hydroxylation is 1. The summed E-state index contributed by atoms with van der Waals surface area (Å²) in [6.45, 7) is 5.47. The third-order valence-corrected chi connectivity index (χ3v) is 1.64. The summed E-state index contributed by atoms with van der Waals surface area (Å²) < 4.78 is 13.2. The van der Waals surface area contributed by atoms with Crippen LogP contribution in [0, 0.1) is 24.6 Å². The minimum absolute atomic E-state index is 0.299. The van der Waals surface area contributed by atoms with Crippen molar-refractivity contribution in [1.82, 2.24) is 0 Å². The Labute approximate surface area is 84.1 Å². The molecule has 1 aromatic carbocycles. The second-order valence-corrected chi connectivity index (χ2v) is 3.95. The fourth-order valence-electron chi connectivity index (χ4n) is 0.963. The maximum atomic E-state index is 13.2. The van der Waals surface area contributed by atoms with Crippen molar-refractivity contribution in [3.8, 4) is 11.8 Å². The van der Waals surface area contributed by atoms with Gasteiger partial charge in [0.2, 0.25) is 0 Å².